The van der Waals surface area contributed by atoms with Crippen molar-refractivity contribution >= 4 is 16.7 Å². The molecule has 6 heteroatoms. The topological polar surface area (TPSA) is 60.1 Å². The number of fused-ring (bicyclic) bond motifs is 1. The summed E-state index contributed by atoms with van der Waals surface area (Å²) in [4.78, 5) is 28.0. The number of aromatic nitrogens is 3. The van der Waals surface area contributed by atoms with Crippen LogP contribution >= 0.6 is 0 Å². The average molecular weight is 407 g/mol. The van der Waals surface area contributed by atoms with E-state index in [0.717, 1.165) is 36.3 Å². The lowest BCUT2D eigenvalue weighted by molar-refractivity contribution is -0.134. The molecule has 3 heterocycles. The van der Waals surface area contributed by atoms with Crippen LogP contribution in [0.3, 0.4) is 0 Å². The van der Waals surface area contributed by atoms with Crippen LogP contribution in [0.5, 0.6) is 0 Å². The summed E-state index contributed by atoms with van der Waals surface area (Å²) in [5.41, 5.74) is 2.93. The molecule has 0 saturated carbocycles. The number of benzene rings is 1. The normalized spacial score (nSPS) is 19.4. The van der Waals surface area contributed by atoms with Crippen LogP contribution in [0.25, 0.3) is 10.8 Å². The summed E-state index contributed by atoms with van der Waals surface area (Å²) >= 11 is 0. The van der Waals surface area contributed by atoms with E-state index in [9.17, 15) is 9.59 Å². The van der Waals surface area contributed by atoms with Gasteiger partial charge < -0.3 is 9.47 Å². The Morgan fingerprint density at radius 2 is 1.73 bits per heavy atom. The fourth-order valence-electron chi connectivity index (χ4n) is 4.86. The predicted molar refractivity (Wildman–Crippen MR) is 119 cm³/mol. The van der Waals surface area contributed by atoms with Crippen molar-refractivity contribution in [2.75, 3.05) is 13.1 Å². The van der Waals surface area contributed by atoms with Crippen LogP contribution < -0.4 is 5.56 Å². The second-order valence-corrected chi connectivity index (χ2v) is 8.88. The molecule has 1 aromatic carbocycles. The van der Waals surface area contributed by atoms with Gasteiger partial charge in [0.2, 0.25) is 5.91 Å². The number of rotatable bonds is 4. The van der Waals surface area contributed by atoms with E-state index in [2.05, 4.69) is 35.6 Å². The molecule has 6 nitrogen and oxygen atoms in total. The molecule has 1 aliphatic heterocycles. The smallest absolute Gasteiger partial charge is 0.276 e. The van der Waals surface area contributed by atoms with E-state index >= 15 is 0 Å². The van der Waals surface area contributed by atoms with Crippen molar-refractivity contribution in [1.82, 2.24) is 19.2 Å². The van der Waals surface area contributed by atoms with Crippen molar-refractivity contribution in [2.24, 2.45) is 11.8 Å². The molecule has 0 bridgehead atoms. The monoisotopic (exact) mass is 406 g/mol. The van der Waals surface area contributed by atoms with Gasteiger partial charge in [-0.1, -0.05) is 44.2 Å². The third kappa shape index (κ3) is 3.78. The molecule has 4 rings (SSSR count). The lowest BCUT2D eigenvalue weighted by atomic mass is 9.92. The maximum Gasteiger partial charge on any atom is 0.276 e. The number of aryl methyl sites for hydroxylation is 2. The third-order valence-electron chi connectivity index (χ3n) is 6.30. The SMILES string of the molecule is Cc1c2cnn(CC(=O)N3C[C@@H](C)C[C@H](C)C3)c(=O)c2c(C)n1Cc1ccccc1. The van der Waals surface area contributed by atoms with Crippen LogP contribution in [0.15, 0.2) is 41.3 Å². The third-order valence-corrected chi connectivity index (χ3v) is 6.30. The molecule has 1 aliphatic rings. The zero-order chi connectivity index (χ0) is 21.4. The number of carbonyl (C=O) groups excluding carboxylic acids is 1. The minimum atomic E-state index is -0.189. The molecular weight excluding hydrogens is 376 g/mol. The van der Waals surface area contributed by atoms with E-state index in [1.165, 1.54) is 10.2 Å². The number of hydrogen-bond donors (Lipinski definition) is 0. The highest BCUT2D eigenvalue weighted by Gasteiger charge is 2.26. The Hall–Kier alpha value is -2.89. The molecule has 0 unspecified atom stereocenters. The Labute approximate surface area is 177 Å². The highest BCUT2D eigenvalue weighted by molar-refractivity contribution is 5.87. The van der Waals surface area contributed by atoms with Crippen LogP contribution in [0, 0.1) is 25.7 Å². The maximum atomic E-state index is 13.2. The minimum Gasteiger partial charge on any atom is -0.343 e. The second-order valence-electron chi connectivity index (χ2n) is 8.88. The zero-order valence-electron chi connectivity index (χ0n) is 18.3. The van der Waals surface area contributed by atoms with Gasteiger partial charge in [0.1, 0.15) is 6.54 Å². The second kappa shape index (κ2) is 8.09. The lowest BCUT2D eigenvalue weighted by Crippen LogP contribution is -2.45. The molecule has 30 heavy (non-hydrogen) atoms. The van der Waals surface area contributed by atoms with E-state index in [0.29, 0.717) is 23.8 Å². The molecule has 3 aromatic rings. The van der Waals surface area contributed by atoms with Crippen LogP contribution in [-0.4, -0.2) is 38.2 Å². The summed E-state index contributed by atoms with van der Waals surface area (Å²) in [5.74, 6) is 0.948. The van der Waals surface area contributed by atoms with Crippen LogP contribution in [0.2, 0.25) is 0 Å². The average Bonchev–Trinajstić information content (AvgIpc) is 2.95. The van der Waals surface area contributed by atoms with Crippen molar-refractivity contribution in [2.45, 2.75) is 47.2 Å². The Bertz CT molecular complexity index is 1120. The fraction of sp³-hybridized carbons (Fsp3) is 0.458. The predicted octanol–water partition coefficient (Wildman–Crippen LogP) is 3.37. The van der Waals surface area contributed by atoms with Gasteiger partial charge in [0.05, 0.1) is 11.6 Å². The molecule has 0 radical (unpaired) electrons. The van der Waals surface area contributed by atoms with Crippen LogP contribution in [0.1, 0.15) is 37.2 Å². The summed E-state index contributed by atoms with van der Waals surface area (Å²) in [6, 6.07) is 10.2. The first-order valence-corrected chi connectivity index (χ1v) is 10.7. The molecule has 1 amide bonds. The van der Waals surface area contributed by atoms with Gasteiger partial charge in [-0.25, -0.2) is 4.68 Å². The standard InChI is InChI=1S/C24H30N4O2/c1-16-10-17(2)13-26(12-16)22(29)15-28-24(30)23-19(4)27(18(3)21(23)11-25-28)14-20-8-6-5-7-9-20/h5-9,11,16-17H,10,12-15H2,1-4H3/t16-,17-/m0/s1. The Morgan fingerprint density at radius 1 is 1.07 bits per heavy atom. The number of nitrogens with zero attached hydrogens (tertiary/aromatic N) is 4. The number of piperidine rings is 1. The van der Waals surface area contributed by atoms with Gasteiger partial charge in [-0.2, -0.15) is 5.10 Å². The summed E-state index contributed by atoms with van der Waals surface area (Å²) in [7, 11) is 0. The Kier molecular flexibility index (Phi) is 5.50. The van der Waals surface area contributed by atoms with Gasteiger partial charge in [-0.3, -0.25) is 9.59 Å². The number of hydrogen-bond acceptors (Lipinski definition) is 3. The van der Waals surface area contributed by atoms with E-state index in [4.69, 9.17) is 0 Å². The van der Waals surface area contributed by atoms with Gasteiger partial charge in [0, 0.05) is 36.4 Å². The van der Waals surface area contributed by atoms with Gasteiger partial charge >= 0.3 is 0 Å². The maximum absolute atomic E-state index is 13.2. The van der Waals surface area contributed by atoms with Crippen LogP contribution in [0.4, 0.5) is 0 Å². The first kappa shape index (κ1) is 20.4. The van der Waals surface area contributed by atoms with E-state index in [1.54, 1.807) is 6.20 Å². The zero-order valence-corrected chi connectivity index (χ0v) is 18.3. The Balaban J connectivity index is 1.65. The molecule has 158 valence electrons. The quantitative estimate of drug-likeness (QED) is 0.667. The molecule has 1 fully saturated rings. The van der Waals surface area contributed by atoms with Crippen molar-refractivity contribution < 1.29 is 4.79 Å². The summed E-state index contributed by atoms with van der Waals surface area (Å²) in [6.07, 6.45) is 2.87. The number of amides is 1. The highest BCUT2D eigenvalue weighted by Crippen LogP contribution is 2.24. The summed E-state index contributed by atoms with van der Waals surface area (Å²) in [5, 5.41) is 5.86. The van der Waals surface area contributed by atoms with E-state index in [1.807, 2.05) is 36.9 Å². The first-order chi connectivity index (χ1) is 14.3. The van der Waals surface area contributed by atoms with Crippen molar-refractivity contribution in [3.63, 3.8) is 0 Å². The first-order valence-electron chi connectivity index (χ1n) is 10.7. The molecule has 2 atom stereocenters. The fourth-order valence-corrected chi connectivity index (χ4v) is 4.86. The largest absolute Gasteiger partial charge is 0.343 e. The van der Waals surface area contributed by atoms with E-state index < -0.39 is 0 Å². The molecule has 2 aromatic heterocycles. The molecule has 0 spiro atoms. The van der Waals surface area contributed by atoms with Crippen molar-refractivity contribution in [3.05, 3.63) is 63.8 Å². The molecular formula is C24H30N4O2. The Morgan fingerprint density at radius 3 is 2.40 bits per heavy atom. The molecule has 1 saturated heterocycles. The van der Waals surface area contributed by atoms with Gasteiger partial charge in [0.15, 0.2) is 0 Å². The van der Waals surface area contributed by atoms with Gasteiger partial charge in [-0.15, -0.1) is 0 Å². The number of likely N-dealkylation sites (tertiary alicyclic amines) is 1. The van der Waals surface area contributed by atoms with E-state index in [-0.39, 0.29) is 18.0 Å². The molecule has 0 aliphatic carbocycles. The minimum absolute atomic E-state index is 0.00341. The van der Waals surface area contributed by atoms with Crippen molar-refractivity contribution in [3.8, 4) is 0 Å². The lowest BCUT2D eigenvalue weighted by Gasteiger charge is -2.35. The van der Waals surface area contributed by atoms with Gasteiger partial charge in [-0.05, 0) is 37.7 Å². The summed E-state index contributed by atoms with van der Waals surface area (Å²) < 4.78 is 3.48. The van der Waals surface area contributed by atoms with Gasteiger partial charge in [0.25, 0.3) is 5.56 Å². The number of carbonyl (C=O) groups is 1. The molecule has 0 N–H and O–H groups in total. The van der Waals surface area contributed by atoms with Crippen molar-refractivity contribution in [1.29, 1.82) is 0 Å². The summed E-state index contributed by atoms with van der Waals surface area (Å²) in [6.45, 7) is 10.6. The van der Waals surface area contributed by atoms with Crippen LogP contribution in [-0.2, 0) is 17.9 Å². The highest BCUT2D eigenvalue weighted by atomic mass is 16.2.